The lowest BCUT2D eigenvalue weighted by Crippen LogP contribution is -2.19. The zero-order chi connectivity index (χ0) is 10.7. The monoisotopic (exact) mass is 205 g/mol. The lowest BCUT2D eigenvalue weighted by molar-refractivity contribution is 0.649. The lowest BCUT2D eigenvalue weighted by Gasteiger charge is -2.17. The largest absolute Gasteiger partial charge is 0.357 e. The summed E-state index contributed by atoms with van der Waals surface area (Å²) in [5.41, 5.74) is 1.25. The Morgan fingerprint density at radius 1 is 1.33 bits per heavy atom. The van der Waals surface area contributed by atoms with Crippen molar-refractivity contribution in [2.24, 2.45) is 0 Å². The van der Waals surface area contributed by atoms with Gasteiger partial charge in [0.05, 0.1) is 0 Å². The number of anilines is 1. The smallest absolute Gasteiger partial charge is 0.128 e. The summed E-state index contributed by atoms with van der Waals surface area (Å²) in [4.78, 5) is 6.87. The molecule has 0 spiro atoms. The Labute approximate surface area is 91.5 Å². The molecule has 2 rings (SSSR count). The molecule has 0 saturated carbocycles. The van der Waals surface area contributed by atoms with Crippen molar-refractivity contribution in [3.8, 4) is 0 Å². The minimum atomic E-state index is 0.380. The molecule has 1 atom stereocenters. The van der Waals surface area contributed by atoms with Gasteiger partial charge in [0.25, 0.3) is 0 Å². The molecule has 1 aliphatic heterocycles. The summed E-state index contributed by atoms with van der Waals surface area (Å²) >= 11 is 0. The van der Waals surface area contributed by atoms with Crippen LogP contribution in [0.4, 0.5) is 5.82 Å². The van der Waals surface area contributed by atoms with Crippen molar-refractivity contribution in [2.45, 2.75) is 25.8 Å². The molecule has 1 saturated heterocycles. The summed E-state index contributed by atoms with van der Waals surface area (Å²) < 4.78 is 0. The van der Waals surface area contributed by atoms with Gasteiger partial charge < -0.3 is 10.2 Å². The first-order chi connectivity index (χ1) is 7.31. The molecule has 0 radical (unpaired) electrons. The number of aromatic nitrogens is 1. The molecule has 15 heavy (non-hydrogen) atoms. The second-order valence-electron chi connectivity index (χ2n) is 4.15. The van der Waals surface area contributed by atoms with E-state index in [1.54, 1.807) is 0 Å². The second kappa shape index (κ2) is 4.62. The Morgan fingerprint density at radius 3 is 2.60 bits per heavy atom. The maximum absolute atomic E-state index is 4.52. The fourth-order valence-electron chi connectivity index (χ4n) is 1.95. The van der Waals surface area contributed by atoms with Crippen molar-refractivity contribution in [2.75, 3.05) is 25.0 Å². The maximum atomic E-state index is 4.52. The van der Waals surface area contributed by atoms with Crippen molar-refractivity contribution in [1.29, 1.82) is 0 Å². The fraction of sp³-hybridized carbons (Fsp3) is 0.583. The zero-order valence-corrected chi connectivity index (χ0v) is 9.53. The van der Waals surface area contributed by atoms with Gasteiger partial charge in [0.15, 0.2) is 0 Å². The molecular weight excluding hydrogens is 186 g/mol. The van der Waals surface area contributed by atoms with Crippen molar-refractivity contribution < 1.29 is 0 Å². The minimum absolute atomic E-state index is 0.380. The van der Waals surface area contributed by atoms with Crippen LogP contribution in [0.15, 0.2) is 18.3 Å². The first-order valence-electron chi connectivity index (χ1n) is 5.69. The molecular formula is C12H19N3. The second-order valence-corrected chi connectivity index (χ2v) is 4.15. The van der Waals surface area contributed by atoms with E-state index in [4.69, 9.17) is 0 Å². The number of nitrogens with zero attached hydrogens (tertiary/aromatic N) is 2. The van der Waals surface area contributed by atoms with Crippen molar-refractivity contribution in [3.05, 3.63) is 23.9 Å². The first-order valence-corrected chi connectivity index (χ1v) is 5.69. The van der Waals surface area contributed by atoms with Gasteiger partial charge >= 0.3 is 0 Å². The fourth-order valence-corrected chi connectivity index (χ4v) is 1.95. The predicted octanol–water partition coefficient (Wildman–Crippen LogP) is 1.96. The summed E-state index contributed by atoms with van der Waals surface area (Å²) in [6.45, 7) is 4.47. The van der Waals surface area contributed by atoms with Gasteiger partial charge in [-0.2, -0.15) is 0 Å². The molecule has 1 aliphatic rings. The van der Waals surface area contributed by atoms with Crippen LogP contribution >= 0.6 is 0 Å². The van der Waals surface area contributed by atoms with E-state index in [9.17, 15) is 0 Å². The average molecular weight is 205 g/mol. The van der Waals surface area contributed by atoms with Gasteiger partial charge in [-0.3, -0.25) is 0 Å². The third kappa shape index (κ3) is 2.29. The van der Waals surface area contributed by atoms with Gasteiger partial charge in [-0.1, -0.05) is 6.07 Å². The lowest BCUT2D eigenvalue weighted by atomic mass is 10.1. The molecule has 0 bridgehead atoms. The Hall–Kier alpha value is -1.09. The molecule has 1 aromatic rings. The molecule has 3 nitrogen and oxygen atoms in total. The molecule has 3 heteroatoms. The number of rotatable bonds is 3. The highest BCUT2D eigenvalue weighted by molar-refractivity contribution is 5.40. The third-order valence-corrected chi connectivity index (χ3v) is 3.13. The summed E-state index contributed by atoms with van der Waals surface area (Å²) in [6, 6.07) is 4.68. The average Bonchev–Trinajstić information content (AvgIpc) is 2.82. The molecule has 0 aromatic carbocycles. The quantitative estimate of drug-likeness (QED) is 0.817. The summed E-state index contributed by atoms with van der Waals surface area (Å²) in [5.74, 6) is 1.12. The van der Waals surface area contributed by atoms with Crippen LogP contribution in [0.25, 0.3) is 0 Å². The van der Waals surface area contributed by atoms with Crippen LogP contribution in [0.3, 0.4) is 0 Å². The van der Waals surface area contributed by atoms with E-state index in [1.807, 2.05) is 13.2 Å². The summed E-state index contributed by atoms with van der Waals surface area (Å²) in [7, 11) is 1.97. The van der Waals surface area contributed by atoms with Crippen LogP contribution in [0.5, 0.6) is 0 Å². The van der Waals surface area contributed by atoms with Crippen LogP contribution < -0.4 is 10.2 Å². The van der Waals surface area contributed by atoms with Gasteiger partial charge in [-0.25, -0.2) is 4.98 Å². The normalized spacial score (nSPS) is 18.1. The maximum Gasteiger partial charge on any atom is 0.128 e. The topological polar surface area (TPSA) is 28.2 Å². The number of hydrogen-bond donors (Lipinski definition) is 1. The van der Waals surface area contributed by atoms with Gasteiger partial charge in [0.1, 0.15) is 5.82 Å². The van der Waals surface area contributed by atoms with Gasteiger partial charge in [-0.05, 0) is 38.4 Å². The standard InChI is InChI=1S/C12H19N3/c1-10(13-2)11-5-6-12(14-9-11)15-7-3-4-8-15/h5-6,9-10,13H,3-4,7-8H2,1-2H3/t10-/m0/s1. The Morgan fingerprint density at radius 2 is 2.07 bits per heavy atom. The van der Waals surface area contributed by atoms with E-state index in [1.165, 1.54) is 18.4 Å². The summed E-state index contributed by atoms with van der Waals surface area (Å²) in [5, 5.41) is 3.22. The highest BCUT2D eigenvalue weighted by atomic mass is 15.2. The molecule has 0 amide bonds. The molecule has 0 unspecified atom stereocenters. The Kier molecular flexibility index (Phi) is 3.21. The summed E-state index contributed by atoms with van der Waals surface area (Å²) in [6.07, 6.45) is 4.58. The Bertz CT molecular complexity index is 301. The van der Waals surface area contributed by atoms with Crippen LogP contribution in [0, 0.1) is 0 Å². The third-order valence-electron chi connectivity index (χ3n) is 3.13. The minimum Gasteiger partial charge on any atom is -0.357 e. The number of pyridine rings is 1. The van der Waals surface area contributed by atoms with E-state index in [0.717, 1.165) is 18.9 Å². The van der Waals surface area contributed by atoms with E-state index >= 15 is 0 Å². The van der Waals surface area contributed by atoms with Gasteiger partial charge in [-0.15, -0.1) is 0 Å². The van der Waals surface area contributed by atoms with Crippen LogP contribution in [-0.2, 0) is 0 Å². The molecule has 1 aromatic heterocycles. The molecule has 2 heterocycles. The Balaban J connectivity index is 2.09. The van der Waals surface area contributed by atoms with E-state index in [-0.39, 0.29) is 0 Å². The zero-order valence-electron chi connectivity index (χ0n) is 9.53. The van der Waals surface area contributed by atoms with Crippen molar-refractivity contribution >= 4 is 5.82 Å². The van der Waals surface area contributed by atoms with Crippen LogP contribution in [0.1, 0.15) is 31.4 Å². The number of hydrogen-bond acceptors (Lipinski definition) is 3. The van der Waals surface area contributed by atoms with Crippen molar-refractivity contribution in [3.63, 3.8) is 0 Å². The van der Waals surface area contributed by atoms with Crippen LogP contribution in [-0.4, -0.2) is 25.1 Å². The van der Waals surface area contributed by atoms with Crippen LogP contribution in [0.2, 0.25) is 0 Å². The van der Waals surface area contributed by atoms with Gasteiger partial charge in [0.2, 0.25) is 0 Å². The van der Waals surface area contributed by atoms with E-state index in [2.05, 4.69) is 34.3 Å². The SMILES string of the molecule is CN[C@@H](C)c1ccc(N2CCCC2)nc1. The highest BCUT2D eigenvalue weighted by Gasteiger charge is 2.13. The molecule has 1 fully saturated rings. The molecule has 0 aliphatic carbocycles. The predicted molar refractivity (Wildman–Crippen MR) is 63.2 cm³/mol. The van der Waals surface area contributed by atoms with E-state index < -0.39 is 0 Å². The number of nitrogens with one attached hydrogen (secondary N) is 1. The first kappa shape index (κ1) is 10.4. The van der Waals surface area contributed by atoms with E-state index in [0.29, 0.717) is 6.04 Å². The van der Waals surface area contributed by atoms with Gasteiger partial charge in [0, 0.05) is 25.3 Å². The van der Waals surface area contributed by atoms with Crippen molar-refractivity contribution in [1.82, 2.24) is 10.3 Å². The molecule has 1 N–H and O–H groups in total. The highest BCUT2D eigenvalue weighted by Crippen LogP contribution is 2.19. The molecule has 82 valence electrons.